The molecule has 0 spiro atoms. The van der Waals surface area contributed by atoms with Crippen LogP contribution in [0.4, 0.5) is 4.79 Å². The van der Waals surface area contributed by atoms with Gasteiger partial charge >= 0.3 is 12.1 Å². The molecule has 2 amide bonds. The second-order valence-corrected chi connectivity index (χ2v) is 11.8. The first-order chi connectivity index (χ1) is 16.8. The molecule has 1 aromatic carbocycles. The van der Waals surface area contributed by atoms with E-state index in [0.717, 1.165) is 36.1 Å². The maximum Gasteiger partial charge on any atom is 0.417 e. The van der Waals surface area contributed by atoms with Crippen molar-refractivity contribution in [3.05, 3.63) is 23.8 Å². The normalized spacial score (nSPS) is 21.3. The van der Waals surface area contributed by atoms with Crippen molar-refractivity contribution in [2.45, 2.75) is 103 Å². The van der Waals surface area contributed by atoms with Crippen molar-refractivity contribution in [3.63, 3.8) is 0 Å². The summed E-state index contributed by atoms with van der Waals surface area (Å²) in [7, 11) is 1.61. The lowest BCUT2D eigenvalue weighted by Crippen LogP contribution is -2.50. The van der Waals surface area contributed by atoms with E-state index in [2.05, 4.69) is 0 Å². The number of hydrogen-bond donors (Lipinski definition) is 0. The van der Waals surface area contributed by atoms with Crippen molar-refractivity contribution >= 4 is 18.0 Å². The van der Waals surface area contributed by atoms with Crippen molar-refractivity contribution in [2.75, 3.05) is 13.7 Å². The second-order valence-electron chi connectivity index (χ2n) is 11.8. The Hall–Kier alpha value is -2.77. The molecule has 8 nitrogen and oxygen atoms in total. The van der Waals surface area contributed by atoms with Gasteiger partial charge < -0.3 is 18.9 Å². The van der Waals surface area contributed by atoms with Crippen LogP contribution in [-0.4, -0.2) is 53.8 Å². The molecule has 2 fully saturated rings. The molecule has 1 saturated heterocycles. The van der Waals surface area contributed by atoms with Crippen LogP contribution in [0.1, 0.15) is 91.5 Å². The molecule has 1 aliphatic heterocycles. The molecule has 8 heteroatoms. The molecule has 0 N–H and O–H groups in total. The number of amides is 2. The van der Waals surface area contributed by atoms with Gasteiger partial charge in [-0.25, -0.2) is 9.69 Å². The third-order valence-corrected chi connectivity index (χ3v) is 6.29. The van der Waals surface area contributed by atoms with Gasteiger partial charge in [0.1, 0.15) is 11.2 Å². The summed E-state index contributed by atoms with van der Waals surface area (Å²) in [5.74, 6) is -0.474. The monoisotopic (exact) mass is 503 g/mol. The molecule has 1 aliphatic carbocycles. The highest BCUT2D eigenvalue weighted by Gasteiger charge is 2.41. The minimum atomic E-state index is -0.757. The minimum absolute atomic E-state index is 0.104. The van der Waals surface area contributed by atoms with Crippen molar-refractivity contribution in [1.29, 1.82) is 0 Å². The third kappa shape index (κ3) is 7.61. The minimum Gasteiger partial charge on any atom is -0.493 e. The highest BCUT2D eigenvalue weighted by Crippen LogP contribution is 2.39. The van der Waals surface area contributed by atoms with Crippen LogP contribution in [0.5, 0.6) is 11.5 Å². The Morgan fingerprint density at radius 1 is 0.972 bits per heavy atom. The largest absolute Gasteiger partial charge is 0.493 e. The fourth-order valence-electron chi connectivity index (χ4n) is 4.75. The van der Waals surface area contributed by atoms with Crippen molar-refractivity contribution in [1.82, 2.24) is 4.90 Å². The Balaban J connectivity index is 1.88. The lowest BCUT2D eigenvalue weighted by Gasteiger charge is -2.37. The van der Waals surface area contributed by atoms with Crippen LogP contribution in [0.3, 0.4) is 0 Å². The van der Waals surface area contributed by atoms with Gasteiger partial charge in [-0.1, -0.05) is 6.07 Å². The van der Waals surface area contributed by atoms with E-state index in [1.807, 2.05) is 18.2 Å². The van der Waals surface area contributed by atoms with Gasteiger partial charge in [0, 0.05) is 18.4 Å². The molecule has 0 aromatic heterocycles. The number of ether oxygens (including phenoxy) is 4. The van der Waals surface area contributed by atoms with Crippen molar-refractivity contribution < 1.29 is 33.3 Å². The highest BCUT2D eigenvalue weighted by atomic mass is 16.6. The Bertz CT molecular complexity index is 954. The number of hydrogen-bond acceptors (Lipinski definition) is 7. The number of imide groups is 1. The van der Waals surface area contributed by atoms with Gasteiger partial charge in [-0.05, 0) is 91.3 Å². The lowest BCUT2D eigenvalue weighted by molar-refractivity contribution is -0.159. The summed E-state index contributed by atoms with van der Waals surface area (Å²) in [6, 6.07) is 5.73. The molecule has 1 aromatic rings. The molecule has 36 heavy (non-hydrogen) atoms. The van der Waals surface area contributed by atoms with Crippen molar-refractivity contribution in [3.8, 4) is 11.5 Å². The van der Waals surface area contributed by atoms with Crippen LogP contribution < -0.4 is 9.47 Å². The molecule has 1 saturated carbocycles. The zero-order chi connectivity index (χ0) is 26.7. The summed E-state index contributed by atoms with van der Waals surface area (Å²) < 4.78 is 22.8. The fraction of sp³-hybridized carbons (Fsp3) is 0.679. The van der Waals surface area contributed by atoms with E-state index in [-0.39, 0.29) is 25.0 Å². The van der Waals surface area contributed by atoms with Crippen LogP contribution in [-0.2, 0) is 19.1 Å². The molecule has 2 atom stereocenters. The maximum atomic E-state index is 13.3. The van der Waals surface area contributed by atoms with Gasteiger partial charge in [0.15, 0.2) is 11.5 Å². The molecule has 2 unspecified atom stereocenters. The summed E-state index contributed by atoms with van der Waals surface area (Å²) >= 11 is 0. The number of nitrogens with zero attached hydrogens (tertiary/aromatic N) is 1. The molecule has 3 rings (SSSR count). The Morgan fingerprint density at radius 3 is 2.19 bits per heavy atom. The van der Waals surface area contributed by atoms with Crippen LogP contribution in [0.25, 0.3) is 0 Å². The molecule has 1 heterocycles. The molecule has 2 aliphatic rings. The molecular formula is C28H41NO7. The van der Waals surface area contributed by atoms with Crippen LogP contribution in [0.15, 0.2) is 18.2 Å². The number of esters is 1. The van der Waals surface area contributed by atoms with E-state index in [1.54, 1.807) is 48.7 Å². The standard InChI is InChI=1S/C28H41NO7/c1-27(2,3)35-24(30)16-19-14-20(17-29(25(19)31)26(32)36-28(4,5)6)18-12-13-22(33-7)23(15-18)34-21-10-8-9-11-21/h12-13,15,19-21H,8-11,14,16-17H2,1-7H3. The number of carbonyl (C=O) groups excluding carboxylic acids is 3. The van der Waals surface area contributed by atoms with Gasteiger partial charge in [-0.2, -0.15) is 0 Å². The first-order valence-electron chi connectivity index (χ1n) is 12.9. The smallest absolute Gasteiger partial charge is 0.417 e. The SMILES string of the molecule is COc1ccc(C2CC(CC(=O)OC(C)(C)C)C(=O)N(C(=O)OC(C)(C)C)C2)cc1OC1CCCC1. The van der Waals surface area contributed by atoms with Crippen LogP contribution in [0.2, 0.25) is 0 Å². The van der Waals surface area contributed by atoms with Gasteiger partial charge in [0.2, 0.25) is 5.91 Å². The van der Waals surface area contributed by atoms with E-state index >= 15 is 0 Å². The number of benzene rings is 1. The summed E-state index contributed by atoms with van der Waals surface area (Å²) in [4.78, 5) is 40.0. The van der Waals surface area contributed by atoms with E-state index < -0.39 is 35.1 Å². The number of carbonyl (C=O) groups is 3. The number of methoxy groups -OCH3 is 1. The predicted octanol–water partition coefficient (Wildman–Crippen LogP) is 5.62. The first kappa shape index (κ1) is 27.8. The quantitative estimate of drug-likeness (QED) is 0.466. The highest BCUT2D eigenvalue weighted by molar-refractivity contribution is 5.95. The van der Waals surface area contributed by atoms with Gasteiger partial charge in [0.05, 0.1) is 19.6 Å². The van der Waals surface area contributed by atoms with E-state index in [4.69, 9.17) is 18.9 Å². The average molecular weight is 504 g/mol. The van der Waals surface area contributed by atoms with Gasteiger partial charge in [0.25, 0.3) is 0 Å². The molecular weight excluding hydrogens is 462 g/mol. The zero-order valence-electron chi connectivity index (χ0n) is 22.7. The van der Waals surface area contributed by atoms with E-state index in [9.17, 15) is 14.4 Å². The first-order valence-corrected chi connectivity index (χ1v) is 12.9. The summed E-state index contributed by atoms with van der Waals surface area (Å²) in [6.07, 6.45) is 4.07. The molecule has 200 valence electrons. The average Bonchev–Trinajstić information content (AvgIpc) is 3.25. The molecule has 0 radical (unpaired) electrons. The lowest BCUT2D eigenvalue weighted by atomic mass is 9.82. The molecule has 0 bridgehead atoms. The fourth-order valence-corrected chi connectivity index (χ4v) is 4.75. The summed E-state index contributed by atoms with van der Waals surface area (Å²) in [5, 5.41) is 0. The van der Waals surface area contributed by atoms with Crippen LogP contribution >= 0.6 is 0 Å². The number of rotatable bonds is 6. The summed E-state index contributed by atoms with van der Waals surface area (Å²) in [5.41, 5.74) is -0.506. The maximum absolute atomic E-state index is 13.3. The van der Waals surface area contributed by atoms with Gasteiger partial charge in [-0.15, -0.1) is 0 Å². The topological polar surface area (TPSA) is 91.4 Å². The van der Waals surface area contributed by atoms with E-state index in [1.165, 1.54) is 0 Å². The van der Waals surface area contributed by atoms with Crippen molar-refractivity contribution in [2.24, 2.45) is 5.92 Å². The van der Waals surface area contributed by atoms with E-state index in [0.29, 0.717) is 17.9 Å². The van der Waals surface area contributed by atoms with Crippen LogP contribution in [0, 0.1) is 5.92 Å². The number of piperidine rings is 1. The predicted molar refractivity (Wildman–Crippen MR) is 135 cm³/mol. The van der Waals surface area contributed by atoms with Gasteiger partial charge in [-0.3, -0.25) is 9.59 Å². The zero-order valence-corrected chi connectivity index (χ0v) is 22.7. The Morgan fingerprint density at radius 2 is 1.61 bits per heavy atom. The Kier molecular flexibility index (Phi) is 8.57. The third-order valence-electron chi connectivity index (χ3n) is 6.29. The second kappa shape index (κ2) is 11.1. The summed E-state index contributed by atoms with van der Waals surface area (Å²) in [6.45, 7) is 10.8. The Labute approximate surface area is 214 Å². The number of likely N-dealkylation sites (tertiary alicyclic amines) is 1.